The summed E-state index contributed by atoms with van der Waals surface area (Å²) in [6.07, 6.45) is 1.49. The van der Waals surface area contributed by atoms with Crippen LogP contribution in [0.1, 0.15) is 5.56 Å². The summed E-state index contributed by atoms with van der Waals surface area (Å²) in [5, 5.41) is 19.7. The van der Waals surface area contributed by atoms with Gasteiger partial charge in [-0.2, -0.15) is 0 Å². The van der Waals surface area contributed by atoms with Crippen molar-refractivity contribution >= 4 is 37.5 Å². The predicted octanol–water partition coefficient (Wildman–Crippen LogP) is 3.80. The van der Waals surface area contributed by atoms with Gasteiger partial charge in [0.1, 0.15) is 0 Å². The molecule has 0 bridgehead atoms. The van der Waals surface area contributed by atoms with E-state index in [1.807, 2.05) is 0 Å². The zero-order valence-electron chi connectivity index (χ0n) is 9.92. The molecule has 0 amide bonds. The normalized spacial score (nSPS) is 10.3. The van der Waals surface area contributed by atoms with Crippen molar-refractivity contribution < 1.29 is 14.8 Å². The first-order valence-electron chi connectivity index (χ1n) is 5.38. The molecule has 0 atom stereocenters. The summed E-state index contributed by atoms with van der Waals surface area (Å²) in [5.41, 5.74) is 0.610. The lowest BCUT2D eigenvalue weighted by atomic mass is 10.3. The van der Waals surface area contributed by atoms with E-state index in [-0.39, 0.29) is 12.3 Å². The van der Waals surface area contributed by atoms with E-state index in [1.54, 1.807) is 12.1 Å². The molecular formula is C12H8Br2N2O4. The number of halogens is 2. The number of hydrogen-bond donors (Lipinski definition) is 1. The van der Waals surface area contributed by atoms with Crippen LogP contribution >= 0.6 is 31.9 Å². The third-order valence-corrected chi connectivity index (χ3v) is 3.56. The van der Waals surface area contributed by atoms with Crippen LogP contribution in [-0.4, -0.2) is 15.0 Å². The lowest BCUT2D eigenvalue weighted by Gasteiger charge is -2.09. The third kappa shape index (κ3) is 3.33. The van der Waals surface area contributed by atoms with Gasteiger partial charge in [-0.1, -0.05) is 0 Å². The highest BCUT2D eigenvalue weighted by Crippen LogP contribution is 2.39. The van der Waals surface area contributed by atoms with E-state index in [2.05, 4.69) is 36.8 Å². The Labute approximate surface area is 130 Å². The zero-order chi connectivity index (χ0) is 14.7. The minimum absolute atomic E-state index is 0.0558. The van der Waals surface area contributed by atoms with Crippen LogP contribution in [0.25, 0.3) is 0 Å². The molecule has 1 aromatic heterocycles. The SMILES string of the molecule is O=[N+]([O-])c1cc(Br)c(Oc2ccc(CO)cn2)c(Br)c1. The highest BCUT2D eigenvalue weighted by Gasteiger charge is 2.16. The van der Waals surface area contributed by atoms with Crippen LogP contribution in [0, 0.1) is 10.1 Å². The maximum absolute atomic E-state index is 10.7. The second-order valence-corrected chi connectivity index (χ2v) is 5.47. The van der Waals surface area contributed by atoms with Gasteiger partial charge in [-0.3, -0.25) is 10.1 Å². The second-order valence-electron chi connectivity index (χ2n) is 3.76. The Morgan fingerprint density at radius 1 is 1.30 bits per heavy atom. The molecule has 0 aliphatic heterocycles. The molecule has 104 valence electrons. The number of hydrogen-bond acceptors (Lipinski definition) is 5. The maximum Gasteiger partial charge on any atom is 0.271 e. The van der Waals surface area contributed by atoms with Crippen molar-refractivity contribution in [1.29, 1.82) is 0 Å². The van der Waals surface area contributed by atoms with Gasteiger partial charge in [0.25, 0.3) is 5.69 Å². The molecule has 6 nitrogen and oxygen atoms in total. The molecule has 2 rings (SSSR count). The lowest BCUT2D eigenvalue weighted by molar-refractivity contribution is -0.385. The fraction of sp³-hybridized carbons (Fsp3) is 0.0833. The topological polar surface area (TPSA) is 85.5 Å². The van der Waals surface area contributed by atoms with E-state index < -0.39 is 4.92 Å². The van der Waals surface area contributed by atoms with Gasteiger partial charge in [-0.05, 0) is 43.5 Å². The van der Waals surface area contributed by atoms with Gasteiger partial charge in [0.2, 0.25) is 5.88 Å². The summed E-state index contributed by atoms with van der Waals surface area (Å²) in [7, 11) is 0. The summed E-state index contributed by atoms with van der Waals surface area (Å²) in [6, 6.07) is 5.98. The van der Waals surface area contributed by atoms with E-state index in [9.17, 15) is 10.1 Å². The molecule has 1 N–H and O–H groups in total. The van der Waals surface area contributed by atoms with Crippen LogP contribution in [0.3, 0.4) is 0 Å². The third-order valence-electron chi connectivity index (χ3n) is 2.38. The number of non-ortho nitro benzene ring substituents is 1. The molecular weight excluding hydrogens is 396 g/mol. The van der Waals surface area contributed by atoms with Gasteiger partial charge in [0, 0.05) is 24.4 Å². The quantitative estimate of drug-likeness (QED) is 0.619. The number of nitro groups is 1. The molecule has 0 saturated heterocycles. The standard InChI is InChI=1S/C12H8Br2N2O4/c13-9-3-8(16(18)19)4-10(14)12(9)20-11-2-1-7(6-17)5-15-11/h1-5,17H,6H2. The number of aliphatic hydroxyl groups excluding tert-OH is 1. The summed E-state index contributed by atoms with van der Waals surface area (Å²) < 4.78 is 6.44. The summed E-state index contributed by atoms with van der Waals surface area (Å²) in [6.45, 7) is -0.0990. The van der Waals surface area contributed by atoms with Crippen molar-refractivity contribution in [1.82, 2.24) is 4.98 Å². The van der Waals surface area contributed by atoms with Crippen molar-refractivity contribution in [3.8, 4) is 11.6 Å². The Kier molecular flexibility index (Phi) is 4.69. The van der Waals surface area contributed by atoms with Crippen molar-refractivity contribution in [3.63, 3.8) is 0 Å². The van der Waals surface area contributed by atoms with E-state index in [4.69, 9.17) is 9.84 Å². The molecule has 0 saturated carbocycles. The number of rotatable bonds is 4. The zero-order valence-corrected chi connectivity index (χ0v) is 13.1. The monoisotopic (exact) mass is 402 g/mol. The summed E-state index contributed by atoms with van der Waals surface area (Å²) in [4.78, 5) is 14.3. The van der Waals surface area contributed by atoms with Crippen molar-refractivity contribution in [2.24, 2.45) is 0 Å². The molecule has 0 aliphatic carbocycles. The molecule has 1 aromatic carbocycles. The van der Waals surface area contributed by atoms with Gasteiger partial charge in [-0.25, -0.2) is 4.98 Å². The van der Waals surface area contributed by atoms with Crippen LogP contribution in [0.5, 0.6) is 11.6 Å². The van der Waals surface area contributed by atoms with E-state index in [0.717, 1.165) is 0 Å². The number of nitro benzene ring substituents is 1. The summed E-state index contributed by atoms with van der Waals surface area (Å²) in [5.74, 6) is 0.706. The highest BCUT2D eigenvalue weighted by molar-refractivity contribution is 9.11. The molecule has 0 aliphatic rings. The average Bonchev–Trinajstić information content (AvgIpc) is 2.43. The Hall–Kier alpha value is -1.51. The van der Waals surface area contributed by atoms with Crippen LogP contribution in [-0.2, 0) is 6.61 Å². The van der Waals surface area contributed by atoms with Gasteiger partial charge < -0.3 is 9.84 Å². The largest absolute Gasteiger partial charge is 0.437 e. The number of benzene rings is 1. The number of aromatic nitrogens is 1. The van der Waals surface area contributed by atoms with Crippen LogP contribution in [0.4, 0.5) is 5.69 Å². The second kappa shape index (κ2) is 6.29. The Morgan fingerprint density at radius 3 is 2.40 bits per heavy atom. The number of pyridine rings is 1. The molecule has 8 heteroatoms. The first-order valence-corrected chi connectivity index (χ1v) is 6.97. The van der Waals surface area contributed by atoms with Crippen LogP contribution in [0.15, 0.2) is 39.4 Å². The maximum atomic E-state index is 10.7. The Morgan fingerprint density at radius 2 is 1.95 bits per heavy atom. The van der Waals surface area contributed by atoms with Gasteiger partial charge in [0.05, 0.1) is 20.5 Å². The van der Waals surface area contributed by atoms with E-state index >= 15 is 0 Å². The van der Waals surface area contributed by atoms with Crippen molar-refractivity contribution in [2.45, 2.75) is 6.61 Å². The minimum Gasteiger partial charge on any atom is -0.437 e. The van der Waals surface area contributed by atoms with Crippen LogP contribution in [0.2, 0.25) is 0 Å². The van der Waals surface area contributed by atoms with E-state index in [0.29, 0.717) is 26.1 Å². The fourth-order valence-corrected chi connectivity index (χ4v) is 2.74. The Balaban J connectivity index is 2.30. The minimum atomic E-state index is -0.492. The molecule has 1 heterocycles. The number of ether oxygens (including phenoxy) is 1. The molecule has 20 heavy (non-hydrogen) atoms. The highest BCUT2D eigenvalue weighted by atomic mass is 79.9. The Bertz CT molecular complexity index is 623. The van der Waals surface area contributed by atoms with E-state index in [1.165, 1.54) is 18.3 Å². The first kappa shape index (κ1) is 14.9. The van der Waals surface area contributed by atoms with Gasteiger partial charge in [0.15, 0.2) is 5.75 Å². The predicted molar refractivity (Wildman–Crippen MR) is 78.7 cm³/mol. The molecule has 2 aromatic rings. The average molecular weight is 404 g/mol. The molecule has 0 fully saturated rings. The van der Waals surface area contributed by atoms with Gasteiger partial charge in [-0.15, -0.1) is 0 Å². The summed E-state index contributed by atoms with van der Waals surface area (Å²) >= 11 is 6.45. The van der Waals surface area contributed by atoms with Crippen molar-refractivity contribution in [2.75, 3.05) is 0 Å². The number of nitrogens with zero attached hydrogens (tertiary/aromatic N) is 2. The lowest BCUT2D eigenvalue weighted by Crippen LogP contribution is -1.94. The molecule has 0 unspecified atom stereocenters. The number of aliphatic hydroxyl groups is 1. The van der Waals surface area contributed by atoms with Crippen LogP contribution < -0.4 is 4.74 Å². The first-order chi connectivity index (χ1) is 9.51. The van der Waals surface area contributed by atoms with Gasteiger partial charge >= 0.3 is 0 Å². The molecule has 0 spiro atoms. The van der Waals surface area contributed by atoms with Crippen molar-refractivity contribution in [3.05, 3.63) is 55.1 Å². The fourth-order valence-electron chi connectivity index (χ4n) is 1.42. The smallest absolute Gasteiger partial charge is 0.271 e. The molecule has 0 radical (unpaired) electrons.